The second-order valence-corrected chi connectivity index (χ2v) is 5.15. The van der Waals surface area contributed by atoms with Crippen molar-refractivity contribution in [1.29, 1.82) is 0 Å². The summed E-state index contributed by atoms with van der Waals surface area (Å²) in [6.45, 7) is 5.34. The van der Waals surface area contributed by atoms with Gasteiger partial charge in [0.15, 0.2) is 0 Å². The van der Waals surface area contributed by atoms with Crippen molar-refractivity contribution in [3.63, 3.8) is 0 Å². The molecular formula is C11H17NO3. The van der Waals surface area contributed by atoms with Crippen LogP contribution in [0.4, 0.5) is 0 Å². The van der Waals surface area contributed by atoms with Crippen molar-refractivity contribution in [3.05, 3.63) is 0 Å². The molecule has 1 N–H and O–H groups in total. The molecule has 4 nitrogen and oxygen atoms in total. The largest absolute Gasteiger partial charge is 0.481 e. The zero-order valence-corrected chi connectivity index (χ0v) is 9.19. The average Bonchev–Trinajstić information content (AvgIpc) is 2.57. The first-order valence-corrected chi connectivity index (χ1v) is 5.48. The average molecular weight is 211 g/mol. The number of amides is 1. The molecular weight excluding hydrogens is 194 g/mol. The van der Waals surface area contributed by atoms with Crippen LogP contribution in [-0.2, 0) is 9.59 Å². The van der Waals surface area contributed by atoms with E-state index < -0.39 is 11.9 Å². The van der Waals surface area contributed by atoms with Crippen molar-refractivity contribution in [2.45, 2.75) is 26.7 Å². The van der Waals surface area contributed by atoms with Crippen molar-refractivity contribution in [3.8, 4) is 0 Å². The molecule has 2 fully saturated rings. The number of carbonyl (C=O) groups is 2. The molecule has 0 radical (unpaired) electrons. The summed E-state index contributed by atoms with van der Waals surface area (Å²) in [5.41, 5.74) is -0.356. The quantitative estimate of drug-likeness (QED) is 0.740. The van der Waals surface area contributed by atoms with Crippen LogP contribution >= 0.6 is 0 Å². The Hall–Kier alpha value is -1.06. The summed E-state index contributed by atoms with van der Waals surface area (Å²) >= 11 is 0. The summed E-state index contributed by atoms with van der Waals surface area (Å²) in [4.78, 5) is 24.8. The highest BCUT2D eigenvalue weighted by atomic mass is 16.4. The van der Waals surface area contributed by atoms with Crippen LogP contribution in [0.3, 0.4) is 0 Å². The second kappa shape index (κ2) is 3.22. The predicted octanol–water partition coefficient (Wildman–Crippen LogP) is 0.966. The molecule has 1 amide bonds. The van der Waals surface area contributed by atoms with Crippen LogP contribution in [0.15, 0.2) is 0 Å². The van der Waals surface area contributed by atoms with Gasteiger partial charge in [-0.25, -0.2) is 0 Å². The fourth-order valence-corrected chi connectivity index (χ4v) is 2.69. The van der Waals surface area contributed by atoms with Crippen LogP contribution < -0.4 is 0 Å². The van der Waals surface area contributed by atoms with E-state index in [9.17, 15) is 9.59 Å². The molecule has 4 heteroatoms. The molecule has 0 spiro atoms. The number of carbonyl (C=O) groups excluding carboxylic acids is 1. The molecule has 0 aromatic rings. The van der Waals surface area contributed by atoms with Crippen molar-refractivity contribution >= 4 is 11.9 Å². The molecule has 0 unspecified atom stereocenters. The molecule has 0 aromatic carbocycles. The first kappa shape index (κ1) is 10.5. The molecule has 1 aliphatic carbocycles. The molecule has 0 aromatic heterocycles. The van der Waals surface area contributed by atoms with E-state index in [4.69, 9.17) is 5.11 Å². The van der Waals surface area contributed by atoms with E-state index in [-0.39, 0.29) is 17.2 Å². The highest BCUT2D eigenvalue weighted by Gasteiger charge is 2.66. The lowest BCUT2D eigenvalue weighted by molar-refractivity contribution is -0.141. The molecule has 2 rings (SSSR count). The van der Waals surface area contributed by atoms with Gasteiger partial charge in [-0.15, -0.1) is 0 Å². The Labute approximate surface area is 89.3 Å². The van der Waals surface area contributed by atoms with Crippen LogP contribution in [0.1, 0.15) is 26.7 Å². The molecule has 0 bridgehead atoms. The smallest absolute Gasteiger partial charge is 0.307 e. The van der Waals surface area contributed by atoms with Crippen molar-refractivity contribution in [2.24, 2.45) is 17.3 Å². The monoisotopic (exact) mass is 211 g/mol. The third kappa shape index (κ3) is 1.52. The van der Waals surface area contributed by atoms with Gasteiger partial charge in [0.2, 0.25) is 5.91 Å². The molecule has 1 saturated carbocycles. The third-order valence-electron chi connectivity index (χ3n) is 3.78. The topological polar surface area (TPSA) is 57.6 Å². The third-order valence-corrected chi connectivity index (χ3v) is 3.78. The lowest BCUT2D eigenvalue weighted by Crippen LogP contribution is -2.30. The Balaban J connectivity index is 2.06. The zero-order chi connectivity index (χ0) is 11.2. The van der Waals surface area contributed by atoms with Crippen molar-refractivity contribution in [1.82, 2.24) is 4.90 Å². The van der Waals surface area contributed by atoms with Crippen molar-refractivity contribution in [2.75, 3.05) is 13.1 Å². The summed E-state index contributed by atoms with van der Waals surface area (Å²) in [6, 6.07) is 0. The first-order chi connectivity index (χ1) is 6.96. The number of hydrogen-bond acceptors (Lipinski definition) is 2. The van der Waals surface area contributed by atoms with Crippen LogP contribution in [0, 0.1) is 17.3 Å². The Morgan fingerprint density at radius 3 is 2.13 bits per heavy atom. The van der Waals surface area contributed by atoms with E-state index >= 15 is 0 Å². The van der Waals surface area contributed by atoms with Gasteiger partial charge in [0, 0.05) is 13.1 Å². The predicted molar refractivity (Wildman–Crippen MR) is 54.2 cm³/mol. The summed E-state index contributed by atoms with van der Waals surface area (Å²) in [7, 11) is 0. The number of carboxylic acids is 1. The standard InChI is InChI=1S/C11H17NO3/c1-11(2)7(8(11)10(14)15)9(13)12-5-3-4-6-12/h7-8H,3-6H2,1-2H3,(H,14,15)/t7-,8+/m1/s1. The maximum absolute atomic E-state index is 12.0. The van der Waals surface area contributed by atoms with Gasteiger partial charge in [-0.3, -0.25) is 9.59 Å². The van der Waals surface area contributed by atoms with Crippen LogP contribution in [0.5, 0.6) is 0 Å². The highest BCUT2D eigenvalue weighted by Crippen LogP contribution is 2.59. The molecule has 15 heavy (non-hydrogen) atoms. The SMILES string of the molecule is CC1(C)[C@H](C(=O)O)[C@@H]1C(=O)N1CCCC1. The van der Waals surface area contributed by atoms with E-state index in [1.54, 1.807) is 0 Å². The van der Waals surface area contributed by atoms with Crippen LogP contribution in [0.25, 0.3) is 0 Å². The van der Waals surface area contributed by atoms with Gasteiger partial charge < -0.3 is 10.0 Å². The molecule has 1 saturated heterocycles. The minimum Gasteiger partial charge on any atom is -0.481 e. The lowest BCUT2D eigenvalue weighted by atomic mass is 10.1. The number of hydrogen-bond donors (Lipinski definition) is 1. The number of aliphatic carboxylic acids is 1. The van der Waals surface area contributed by atoms with Gasteiger partial charge in [0.25, 0.3) is 0 Å². The van der Waals surface area contributed by atoms with E-state index in [1.807, 2.05) is 18.7 Å². The van der Waals surface area contributed by atoms with Crippen LogP contribution in [-0.4, -0.2) is 35.0 Å². The van der Waals surface area contributed by atoms with Gasteiger partial charge in [0.05, 0.1) is 11.8 Å². The fraction of sp³-hybridized carbons (Fsp3) is 0.818. The molecule has 84 valence electrons. The molecule has 1 aliphatic heterocycles. The van der Waals surface area contributed by atoms with Gasteiger partial charge in [-0.05, 0) is 18.3 Å². The van der Waals surface area contributed by atoms with Gasteiger partial charge in [0.1, 0.15) is 0 Å². The number of rotatable bonds is 2. The zero-order valence-electron chi connectivity index (χ0n) is 9.19. The summed E-state index contributed by atoms with van der Waals surface area (Å²) in [5, 5.41) is 8.98. The minimum absolute atomic E-state index is 0.0462. The second-order valence-electron chi connectivity index (χ2n) is 5.15. The molecule has 2 atom stereocenters. The maximum atomic E-state index is 12.0. The fourth-order valence-electron chi connectivity index (χ4n) is 2.69. The molecule has 1 heterocycles. The van der Waals surface area contributed by atoms with Gasteiger partial charge in [-0.2, -0.15) is 0 Å². The van der Waals surface area contributed by atoms with Gasteiger partial charge >= 0.3 is 5.97 Å². The summed E-state index contributed by atoms with van der Waals surface area (Å²) in [6.07, 6.45) is 2.10. The molecule has 2 aliphatic rings. The Kier molecular flexibility index (Phi) is 2.24. The highest BCUT2D eigenvalue weighted by molar-refractivity contribution is 5.91. The Morgan fingerprint density at radius 2 is 1.73 bits per heavy atom. The Bertz CT molecular complexity index is 305. The van der Waals surface area contributed by atoms with Crippen molar-refractivity contribution < 1.29 is 14.7 Å². The van der Waals surface area contributed by atoms with E-state index in [1.165, 1.54) is 0 Å². The minimum atomic E-state index is -0.836. The van der Waals surface area contributed by atoms with E-state index in [0.717, 1.165) is 25.9 Å². The number of likely N-dealkylation sites (tertiary alicyclic amines) is 1. The van der Waals surface area contributed by atoms with Gasteiger partial charge in [-0.1, -0.05) is 13.8 Å². The maximum Gasteiger partial charge on any atom is 0.307 e. The lowest BCUT2D eigenvalue weighted by Gasteiger charge is -2.15. The van der Waals surface area contributed by atoms with Crippen LogP contribution in [0.2, 0.25) is 0 Å². The first-order valence-electron chi connectivity index (χ1n) is 5.48. The Morgan fingerprint density at radius 1 is 1.20 bits per heavy atom. The van der Waals surface area contributed by atoms with E-state index in [0.29, 0.717) is 0 Å². The number of nitrogens with zero attached hydrogens (tertiary/aromatic N) is 1. The van der Waals surface area contributed by atoms with E-state index in [2.05, 4.69) is 0 Å². The normalized spacial score (nSPS) is 32.8. The summed E-state index contributed by atoms with van der Waals surface area (Å²) in [5.74, 6) is -1.57. The summed E-state index contributed by atoms with van der Waals surface area (Å²) < 4.78 is 0. The number of carboxylic acid groups (broad SMARTS) is 1.